The highest BCUT2D eigenvalue weighted by Gasteiger charge is 2.58. The molecule has 0 saturated carbocycles. The number of rotatable bonds is 4. The second kappa shape index (κ2) is 8.42. The Hall–Kier alpha value is -2.86. The van der Waals surface area contributed by atoms with Crippen molar-refractivity contribution in [3.05, 3.63) is 65.2 Å². The topological polar surface area (TPSA) is 47.1 Å². The molecule has 2 aromatic carbocycles. The van der Waals surface area contributed by atoms with Crippen LogP contribution in [0.2, 0.25) is 0 Å². The first-order valence-electron chi connectivity index (χ1n) is 12.8. The monoisotopic (exact) mass is 458 g/mol. The van der Waals surface area contributed by atoms with Gasteiger partial charge in [-0.2, -0.15) is 0 Å². The van der Waals surface area contributed by atoms with Gasteiger partial charge in [-0.3, -0.25) is 14.6 Å². The molecule has 6 rings (SSSR count). The Bertz CT molecular complexity index is 1060. The van der Waals surface area contributed by atoms with E-state index >= 15 is 0 Å². The first-order chi connectivity index (χ1) is 16.5. The standard InChI is InChI=1S/C28H34N4O2/c1-29-27(34)32(25-18-22-6-2-3-7-23(22)19-25)26(33)28(29)12-16-30(17-13-28)20-21-8-10-24(11-9-21)31-14-4-5-15-31/h2-3,6-11,25H,4-5,12-20H2,1H3. The average molecular weight is 459 g/mol. The quantitative estimate of drug-likeness (QED) is 0.656. The molecule has 6 heteroatoms. The van der Waals surface area contributed by atoms with Gasteiger partial charge < -0.3 is 9.80 Å². The largest absolute Gasteiger partial charge is 0.372 e. The third-order valence-electron chi connectivity index (χ3n) is 8.64. The summed E-state index contributed by atoms with van der Waals surface area (Å²) >= 11 is 0. The van der Waals surface area contributed by atoms with Crippen LogP contribution in [0.4, 0.5) is 10.5 Å². The molecule has 2 aromatic rings. The van der Waals surface area contributed by atoms with Crippen molar-refractivity contribution in [2.24, 2.45) is 0 Å². The lowest BCUT2D eigenvalue weighted by atomic mass is 9.85. The minimum Gasteiger partial charge on any atom is -0.372 e. The van der Waals surface area contributed by atoms with Crippen LogP contribution in [0.15, 0.2) is 48.5 Å². The van der Waals surface area contributed by atoms with Crippen LogP contribution in [0, 0.1) is 0 Å². The SMILES string of the molecule is CN1C(=O)N(C2Cc3ccccc3C2)C(=O)C12CCN(Cc1ccc(N3CCCC3)cc1)CC2. The minimum atomic E-state index is -0.679. The number of fused-ring (bicyclic) bond motifs is 1. The summed E-state index contributed by atoms with van der Waals surface area (Å²) in [6, 6.07) is 17.1. The predicted octanol–water partition coefficient (Wildman–Crippen LogP) is 3.68. The average Bonchev–Trinajstić information content (AvgIpc) is 3.58. The van der Waals surface area contributed by atoms with Gasteiger partial charge in [0.1, 0.15) is 5.54 Å². The van der Waals surface area contributed by atoms with Crippen molar-refractivity contribution in [3.63, 3.8) is 0 Å². The lowest BCUT2D eigenvalue weighted by Crippen LogP contribution is -2.55. The third-order valence-corrected chi connectivity index (χ3v) is 8.64. The van der Waals surface area contributed by atoms with E-state index in [1.807, 2.05) is 19.2 Å². The molecule has 0 bridgehead atoms. The van der Waals surface area contributed by atoms with Gasteiger partial charge in [-0.1, -0.05) is 36.4 Å². The van der Waals surface area contributed by atoms with Crippen molar-refractivity contribution in [2.45, 2.75) is 56.7 Å². The van der Waals surface area contributed by atoms with Crippen LogP contribution in [0.5, 0.6) is 0 Å². The second-order valence-electron chi connectivity index (χ2n) is 10.5. The number of likely N-dealkylation sites (tertiary alicyclic amines) is 1. The molecule has 0 radical (unpaired) electrons. The molecule has 0 N–H and O–H groups in total. The van der Waals surface area contributed by atoms with Crippen LogP contribution in [-0.4, -0.2) is 71.4 Å². The van der Waals surface area contributed by atoms with E-state index in [0.717, 1.165) is 45.6 Å². The molecule has 3 heterocycles. The molecule has 1 spiro atoms. The molecule has 6 nitrogen and oxygen atoms in total. The zero-order valence-corrected chi connectivity index (χ0v) is 20.1. The van der Waals surface area contributed by atoms with Crippen molar-refractivity contribution in [2.75, 3.05) is 38.1 Å². The van der Waals surface area contributed by atoms with Gasteiger partial charge in [-0.15, -0.1) is 0 Å². The van der Waals surface area contributed by atoms with Gasteiger partial charge >= 0.3 is 6.03 Å². The minimum absolute atomic E-state index is 0.0208. The zero-order valence-electron chi connectivity index (χ0n) is 20.1. The van der Waals surface area contributed by atoms with Crippen molar-refractivity contribution >= 4 is 17.6 Å². The van der Waals surface area contributed by atoms with Gasteiger partial charge in [0.2, 0.25) is 0 Å². The van der Waals surface area contributed by atoms with E-state index in [1.165, 1.54) is 35.2 Å². The van der Waals surface area contributed by atoms with Gasteiger partial charge in [-0.05, 0) is 67.3 Å². The van der Waals surface area contributed by atoms with Gasteiger partial charge in [0.05, 0.1) is 0 Å². The molecule has 3 saturated heterocycles. The Morgan fingerprint density at radius 3 is 2.09 bits per heavy atom. The number of anilines is 1. The summed E-state index contributed by atoms with van der Waals surface area (Å²) in [4.78, 5) is 35.2. The van der Waals surface area contributed by atoms with E-state index in [0.29, 0.717) is 12.8 Å². The highest BCUT2D eigenvalue weighted by molar-refractivity contribution is 6.07. The van der Waals surface area contributed by atoms with Gasteiger partial charge in [0, 0.05) is 51.5 Å². The summed E-state index contributed by atoms with van der Waals surface area (Å²) in [5, 5.41) is 0. The Labute approximate surface area is 202 Å². The molecular formula is C28H34N4O2. The van der Waals surface area contributed by atoms with Crippen molar-refractivity contribution in [1.29, 1.82) is 0 Å². The highest BCUT2D eigenvalue weighted by atomic mass is 16.2. The van der Waals surface area contributed by atoms with Crippen molar-refractivity contribution in [1.82, 2.24) is 14.7 Å². The fraction of sp³-hybridized carbons (Fsp3) is 0.500. The Morgan fingerprint density at radius 2 is 1.47 bits per heavy atom. The number of urea groups is 1. The van der Waals surface area contributed by atoms with Crippen LogP contribution >= 0.6 is 0 Å². The van der Waals surface area contributed by atoms with Gasteiger partial charge in [0.25, 0.3) is 5.91 Å². The van der Waals surface area contributed by atoms with E-state index < -0.39 is 5.54 Å². The molecule has 34 heavy (non-hydrogen) atoms. The number of imide groups is 1. The smallest absolute Gasteiger partial charge is 0.327 e. The first kappa shape index (κ1) is 21.7. The number of likely N-dealkylation sites (N-methyl/N-ethyl adjacent to an activating group) is 1. The number of benzene rings is 2. The fourth-order valence-electron chi connectivity index (χ4n) is 6.52. The van der Waals surface area contributed by atoms with Crippen molar-refractivity contribution < 1.29 is 9.59 Å². The molecule has 0 aromatic heterocycles. The Kier molecular flexibility index (Phi) is 5.36. The number of carbonyl (C=O) groups is 2. The molecule has 3 amide bonds. The predicted molar refractivity (Wildman–Crippen MR) is 133 cm³/mol. The molecule has 178 valence electrons. The molecule has 4 aliphatic rings. The summed E-state index contributed by atoms with van der Waals surface area (Å²) in [7, 11) is 1.83. The summed E-state index contributed by atoms with van der Waals surface area (Å²) in [5.74, 6) is 0.0208. The molecule has 3 fully saturated rings. The van der Waals surface area contributed by atoms with Crippen LogP contribution in [0.25, 0.3) is 0 Å². The maximum Gasteiger partial charge on any atom is 0.327 e. The number of hydrogen-bond donors (Lipinski definition) is 0. The van der Waals surface area contributed by atoms with Gasteiger partial charge in [-0.25, -0.2) is 4.79 Å². The highest BCUT2D eigenvalue weighted by Crippen LogP contribution is 2.39. The maximum atomic E-state index is 13.7. The summed E-state index contributed by atoms with van der Waals surface area (Å²) < 4.78 is 0. The van der Waals surface area contributed by atoms with E-state index in [9.17, 15) is 9.59 Å². The lowest BCUT2D eigenvalue weighted by Gasteiger charge is -2.41. The number of carbonyl (C=O) groups excluding carboxylic acids is 2. The number of hydrogen-bond acceptors (Lipinski definition) is 4. The van der Waals surface area contributed by atoms with Crippen LogP contribution in [0.1, 0.15) is 42.4 Å². The fourth-order valence-corrected chi connectivity index (χ4v) is 6.52. The zero-order chi connectivity index (χ0) is 23.3. The van der Waals surface area contributed by atoms with Gasteiger partial charge in [0.15, 0.2) is 0 Å². The van der Waals surface area contributed by atoms with Crippen LogP contribution in [0.3, 0.4) is 0 Å². The Balaban J connectivity index is 1.10. The maximum absolute atomic E-state index is 13.7. The molecule has 3 aliphatic heterocycles. The number of nitrogens with zero attached hydrogens (tertiary/aromatic N) is 4. The number of piperidine rings is 1. The summed E-state index contributed by atoms with van der Waals surface area (Å²) in [6.45, 7) is 4.88. The molecular weight excluding hydrogens is 424 g/mol. The molecule has 0 atom stereocenters. The van der Waals surface area contributed by atoms with E-state index in [1.54, 1.807) is 9.80 Å². The summed E-state index contributed by atoms with van der Waals surface area (Å²) in [5.41, 5.74) is 4.49. The molecule has 1 aliphatic carbocycles. The summed E-state index contributed by atoms with van der Waals surface area (Å²) in [6.07, 6.45) is 5.54. The van der Waals surface area contributed by atoms with E-state index in [-0.39, 0.29) is 18.0 Å². The lowest BCUT2D eigenvalue weighted by molar-refractivity contribution is -0.136. The van der Waals surface area contributed by atoms with E-state index in [2.05, 4.69) is 46.2 Å². The second-order valence-corrected chi connectivity index (χ2v) is 10.5. The molecule has 0 unspecified atom stereocenters. The van der Waals surface area contributed by atoms with Crippen molar-refractivity contribution in [3.8, 4) is 0 Å². The van der Waals surface area contributed by atoms with E-state index in [4.69, 9.17) is 0 Å². The normalized spacial score (nSPS) is 22.9. The number of amides is 3. The van der Waals surface area contributed by atoms with Crippen LogP contribution in [-0.2, 0) is 24.2 Å². The first-order valence-corrected chi connectivity index (χ1v) is 12.8. The third kappa shape index (κ3) is 3.50. The Morgan fingerprint density at radius 1 is 0.853 bits per heavy atom. The van der Waals surface area contributed by atoms with Crippen LogP contribution < -0.4 is 4.90 Å².